The third kappa shape index (κ3) is 7.40. The molecule has 0 saturated heterocycles. The molecule has 0 aromatic rings. The summed E-state index contributed by atoms with van der Waals surface area (Å²) in [5.41, 5.74) is 0. The summed E-state index contributed by atoms with van der Waals surface area (Å²) in [6.07, 6.45) is 13.2. The molecule has 0 amide bonds. The fraction of sp³-hybridized carbons (Fsp3) is 0.933. The Morgan fingerprint density at radius 2 is 1.71 bits per heavy atom. The summed E-state index contributed by atoms with van der Waals surface area (Å²) in [6.45, 7) is 2.82. The van der Waals surface area contributed by atoms with Crippen LogP contribution in [0.4, 0.5) is 0 Å². The molecule has 1 aliphatic rings. The topological polar surface area (TPSA) is 26.3 Å². The number of hydrogen-bond donors (Lipinski definition) is 0. The average molecular weight is 240 g/mol. The molecule has 1 fully saturated rings. The van der Waals surface area contributed by atoms with Gasteiger partial charge < -0.3 is 4.74 Å². The Kier molecular flexibility index (Phi) is 8.12. The molecule has 100 valence electrons. The normalized spacial score (nSPS) is 18.4. The van der Waals surface area contributed by atoms with Crippen LogP contribution in [-0.4, -0.2) is 12.6 Å². The van der Waals surface area contributed by atoms with Crippen molar-refractivity contribution in [2.45, 2.75) is 77.6 Å². The Labute approximate surface area is 106 Å². The van der Waals surface area contributed by atoms with Crippen LogP contribution in [0.5, 0.6) is 0 Å². The molecule has 2 nitrogen and oxygen atoms in total. The first-order valence-electron chi connectivity index (χ1n) is 7.48. The molecule has 17 heavy (non-hydrogen) atoms. The van der Waals surface area contributed by atoms with Gasteiger partial charge in [-0.25, -0.2) is 0 Å². The van der Waals surface area contributed by atoms with Gasteiger partial charge in [-0.3, -0.25) is 4.79 Å². The highest BCUT2D eigenvalue weighted by Gasteiger charge is 2.13. The number of hydrogen-bond acceptors (Lipinski definition) is 2. The first-order valence-corrected chi connectivity index (χ1v) is 7.48. The van der Waals surface area contributed by atoms with E-state index in [1.165, 1.54) is 44.9 Å². The van der Waals surface area contributed by atoms with E-state index in [-0.39, 0.29) is 5.97 Å². The third-order valence-electron chi connectivity index (χ3n) is 3.69. The minimum atomic E-state index is 0.0144. The molecule has 2 heteroatoms. The molecule has 1 aliphatic carbocycles. The van der Waals surface area contributed by atoms with E-state index in [9.17, 15) is 4.79 Å². The number of esters is 1. The van der Waals surface area contributed by atoms with E-state index in [0.29, 0.717) is 18.9 Å². The Hall–Kier alpha value is -0.530. The summed E-state index contributed by atoms with van der Waals surface area (Å²) in [7, 11) is 0. The number of rotatable bonds is 6. The van der Waals surface area contributed by atoms with Gasteiger partial charge in [0.1, 0.15) is 0 Å². The molecule has 1 saturated carbocycles. The molecule has 0 unspecified atom stereocenters. The second kappa shape index (κ2) is 9.49. The molecular weight excluding hydrogens is 212 g/mol. The number of unbranched alkanes of at least 4 members (excludes halogenated alkanes) is 2. The Bertz CT molecular complexity index is 193. The molecule has 1 rings (SSSR count). The van der Waals surface area contributed by atoms with E-state index in [0.717, 1.165) is 19.3 Å². The van der Waals surface area contributed by atoms with Crippen molar-refractivity contribution in [2.24, 2.45) is 5.92 Å². The van der Waals surface area contributed by atoms with Gasteiger partial charge in [0.25, 0.3) is 0 Å². The molecule has 0 N–H and O–H groups in total. The smallest absolute Gasteiger partial charge is 0.305 e. The summed E-state index contributed by atoms with van der Waals surface area (Å²) < 4.78 is 5.39. The molecule has 0 spiro atoms. The average Bonchev–Trinajstić information content (AvgIpc) is 2.28. The highest BCUT2D eigenvalue weighted by Crippen LogP contribution is 2.22. The van der Waals surface area contributed by atoms with Crippen LogP contribution < -0.4 is 0 Å². The second-order valence-corrected chi connectivity index (χ2v) is 5.35. The molecular formula is C15H28O2. The van der Waals surface area contributed by atoms with Crippen LogP contribution in [0, 0.1) is 5.92 Å². The van der Waals surface area contributed by atoms with Crippen molar-refractivity contribution in [3.05, 3.63) is 0 Å². The van der Waals surface area contributed by atoms with Crippen molar-refractivity contribution in [1.82, 2.24) is 0 Å². The Morgan fingerprint density at radius 3 is 2.35 bits per heavy atom. The summed E-state index contributed by atoms with van der Waals surface area (Å²) in [5.74, 6) is 0.644. The number of carbonyl (C=O) groups is 1. The maximum Gasteiger partial charge on any atom is 0.305 e. The van der Waals surface area contributed by atoms with Crippen LogP contribution >= 0.6 is 0 Å². The Balaban J connectivity index is 2.08. The molecule has 0 heterocycles. The van der Waals surface area contributed by atoms with E-state index in [1.807, 2.05) is 0 Å². The van der Waals surface area contributed by atoms with Crippen molar-refractivity contribution in [3.8, 4) is 0 Å². The van der Waals surface area contributed by atoms with E-state index in [1.54, 1.807) is 0 Å². The molecule has 0 bridgehead atoms. The summed E-state index contributed by atoms with van der Waals surface area (Å²) in [6, 6.07) is 0. The zero-order chi connectivity index (χ0) is 12.3. The van der Waals surface area contributed by atoms with Crippen molar-refractivity contribution < 1.29 is 9.53 Å². The SMILES string of the molecule is CCCCCC(=O)OCC1CCCCCCC1. The lowest BCUT2D eigenvalue weighted by Gasteiger charge is -2.19. The van der Waals surface area contributed by atoms with Crippen LogP contribution in [0.25, 0.3) is 0 Å². The maximum absolute atomic E-state index is 11.5. The lowest BCUT2D eigenvalue weighted by molar-refractivity contribution is -0.145. The van der Waals surface area contributed by atoms with Gasteiger partial charge in [-0.2, -0.15) is 0 Å². The Morgan fingerprint density at radius 1 is 1.06 bits per heavy atom. The van der Waals surface area contributed by atoms with E-state index in [2.05, 4.69) is 6.92 Å². The minimum absolute atomic E-state index is 0.0144. The van der Waals surface area contributed by atoms with Crippen molar-refractivity contribution in [2.75, 3.05) is 6.61 Å². The highest BCUT2D eigenvalue weighted by atomic mass is 16.5. The number of carbonyl (C=O) groups excluding carboxylic acids is 1. The molecule has 0 aliphatic heterocycles. The summed E-state index contributed by atoms with van der Waals surface area (Å²) >= 11 is 0. The van der Waals surface area contributed by atoms with Gasteiger partial charge in [0.2, 0.25) is 0 Å². The lowest BCUT2D eigenvalue weighted by Crippen LogP contribution is -2.15. The van der Waals surface area contributed by atoms with Gasteiger partial charge in [0.05, 0.1) is 6.61 Å². The largest absolute Gasteiger partial charge is 0.465 e. The standard InChI is InChI=1S/C15H28O2/c1-2-3-7-12-15(16)17-13-14-10-8-5-4-6-9-11-14/h14H,2-13H2,1H3. The molecule has 0 aromatic heterocycles. The summed E-state index contributed by atoms with van der Waals surface area (Å²) in [5, 5.41) is 0. The maximum atomic E-state index is 11.5. The minimum Gasteiger partial charge on any atom is -0.465 e. The van der Waals surface area contributed by atoms with Gasteiger partial charge in [0.15, 0.2) is 0 Å². The van der Waals surface area contributed by atoms with Gasteiger partial charge in [-0.1, -0.05) is 51.9 Å². The number of ether oxygens (including phenoxy) is 1. The quantitative estimate of drug-likeness (QED) is 0.506. The first kappa shape index (κ1) is 14.5. The van der Waals surface area contributed by atoms with Gasteiger partial charge in [0, 0.05) is 6.42 Å². The predicted octanol–water partition coefficient (Wildman–Crippen LogP) is 4.47. The van der Waals surface area contributed by atoms with E-state index < -0.39 is 0 Å². The van der Waals surface area contributed by atoms with Gasteiger partial charge in [-0.15, -0.1) is 0 Å². The van der Waals surface area contributed by atoms with Gasteiger partial charge >= 0.3 is 5.97 Å². The van der Waals surface area contributed by atoms with Crippen LogP contribution in [0.15, 0.2) is 0 Å². The first-order chi connectivity index (χ1) is 8.33. The summed E-state index contributed by atoms with van der Waals surface area (Å²) in [4.78, 5) is 11.5. The molecule has 0 aromatic carbocycles. The van der Waals surface area contributed by atoms with Crippen LogP contribution in [-0.2, 0) is 9.53 Å². The van der Waals surface area contributed by atoms with Crippen molar-refractivity contribution >= 4 is 5.97 Å². The zero-order valence-electron chi connectivity index (χ0n) is 11.4. The van der Waals surface area contributed by atoms with E-state index in [4.69, 9.17) is 4.74 Å². The van der Waals surface area contributed by atoms with Crippen LogP contribution in [0.1, 0.15) is 77.6 Å². The van der Waals surface area contributed by atoms with Crippen molar-refractivity contribution in [1.29, 1.82) is 0 Å². The predicted molar refractivity (Wildman–Crippen MR) is 70.9 cm³/mol. The van der Waals surface area contributed by atoms with Crippen molar-refractivity contribution in [3.63, 3.8) is 0 Å². The fourth-order valence-electron chi connectivity index (χ4n) is 2.51. The van der Waals surface area contributed by atoms with E-state index >= 15 is 0 Å². The van der Waals surface area contributed by atoms with Crippen LogP contribution in [0.3, 0.4) is 0 Å². The highest BCUT2D eigenvalue weighted by molar-refractivity contribution is 5.69. The monoisotopic (exact) mass is 240 g/mol. The van der Waals surface area contributed by atoms with Crippen LogP contribution in [0.2, 0.25) is 0 Å². The van der Waals surface area contributed by atoms with Gasteiger partial charge in [-0.05, 0) is 25.2 Å². The zero-order valence-corrected chi connectivity index (χ0v) is 11.4. The fourth-order valence-corrected chi connectivity index (χ4v) is 2.51. The molecule has 0 radical (unpaired) electrons. The lowest BCUT2D eigenvalue weighted by atomic mass is 9.92. The molecule has 0 atom stereocenters. The second-order valence-electron chi connectivity index (χ2n) is 5.35. The third-order valence-corrected chi connectivity index (χ3v) is 3.69.